The van der Waals surface area contributed by atoms with E-state index in [2.05, 4.69) is 6.92 Å². The van der Waals surface area contributed by atoms with Gasteiger partial charge < -0.3 is 9.66 Å². The Morgan fingerprint density at radius 1 is 0.950 bits per heavy atom. The first-order valence-corrected chi connectivity index (χ1v) is 8.97. The summed E-state index contributed by atoms with van der Waals surface area (Å²) in [6, 6.07) is 0. The average molecular weight is 333 g/mol. The van der Waals surface area contributed by atoms with Gasteiger partial charge in [0.05, 0.1) is 16.2 Å². The predicted octanol–water partition coefficient (Wildman–Crippen LogP) is 0.206. The van der Waals surface area contributed by atoms with Gasteiger partial charge in [0.15, 0.2) is 0 Å². The summed E-state index contributed by atoms with van der Waals surface area (Å²) in [5.41, 5.74) is 0. The van der Waals surface area contributed by atoms with E-state index in [-0.39, 0.29) is 57.5 Å². The second-order valence-corrected chi connectivity index (χ2v) is 7.10. The zero-order chi connectivity index (χ0) is 14.7. The normalized spacial score (nSPS) is 14.6. The van der Waals surface area contributed by atoms with Gasteiger partial charge >= 0.3 is 51.4 Å². The van der Waals surface area contributed by atoms with Crippen LogP contribution < -0.4 is 51.4 Å². The molecule has 2 unspecified atom stereocenters. The quantitative estimate of drug-likeness (QED) is 0.315. The van der Waals surface area contributed by atoms with E-state index >= 15 is 0 Å². The van der Waals surface area contributed by atoms with Crippen molar-refractivity contribution in [3.05, 3.63) is 0 Å². The summed E-state index contributed by atoms with van der Waals surface area (Å²) >= 11 is 0. The zero-order valence-corrected chi connectivity index (χ0v) is 17.2. The molecule has 0 aromatic heterocycles. The maximum absolute atomic E-state index is 11.2. The van der Waals surface area contributed by atoms with Crippen molar-refractivity contribution in [2.75, 3.05) is 0 Å². The van der Waals surface area contributed by atoms with Crippen molar-refractivity contribution in [2.45, 2.75) is 89.4 Å². The molecule has 1 N–H and O–H groups in total. The van der Waals surface area contributed by atoms with Gasteiger partial charge in [-0.15, -0.1) is 0 Å². The summed E-state index contributed by atoms with van der Waals surface area (Å²) in [7, 11) is -4.15. The molecule has 0 aromatic carbocycles. The van der Waals surface area contributed by atoms with E-state index in [0.29, 0.717) is 12.8 Å². The van der Waals surface area contributed by atoms with Crippen molar-refractivity contribution in [1.82, 2.24) is 0 Å². The second kappa shape index (κ2) is 14.1. The van der Waals surface area contributed by atoms with Crippen LogP contribution in [0.1, 0.15) is 78.1 Å². The minimum Gasteiger partial charge on any atom is -0.748 e. The minimum absolute atomic E-state index is 0. The van der Waals surface area contributed by atoms with E-state index in [0.717, 1.165) is 51.4 Å². The number of unbranched alkanes of at least 4 members (excludes halogenated alkanes) is 5. The Labute approximate surface area is 167 Å². The molecular weight excluding hydrogens is 303 g/mol. The third kappa shape index (κ3) is 14.4. The largest absolute Gasteiger partial charge is 1.00 e. The summed E-state index contributed by atoms with van der Waals surface area (Å²) in [5.74, 6) is 0. The summed E-state index contributed by atoms with van der Waals surface area (Å²) in [6.45, 7) is 3.85. The molecule has 0 aliphatic rings. The molecule has 0 saturated heterocycles. The van der Waals surface area contributed by atoms with Gasteiger partial charge in [0.1, 0.15) is 0 Å². The summed E-state index contributed by atoms with van der Waals surface area (Å²) in [5, 5.41) is 8.40. The second-order valence-electron chi connectivity index (χ2n) is 5.45. The van der Waals surface area contributed by atoms with Gasteiger partial charge in [-0.25, -0.2) is 8.42 Å². The summed E-state index contributed by atoms with van der Waals surface area (Å²) in [4.78, 5) is 0. The molecular formula is C14H29KO4S. The Morgan fingerprint density at radius 2 is 1.40 bits per heavy atom. The fourth-order valence-corrected chi connectivity index (χ4v) is 3.13. The van der Waals surface area contributed by atoms with E-state index in [1.807, 2.05) is 0 Å². The number of hydrogen-bond donors (Lipinski definition) is 1. The Kier molecular flexibility index (Phi) is 16.8. The fraction of sp³-hybridized carbons (Fsp3) is 1.00. The number of aliphatic hydroxyl groups excluding tert-OH is 1. The third-order valence-corrected chi connectivity index (χ3v) is 4.72. The first-order valence-electron chi connectivity index (χ1n) is 7.50. The van der Waals surface area contributed by atoms with Crippen molar-refractivity contribution in [3.8, 4) is 0 Å². The van der Waals surface area contributed by atoms with Gasteiger partial charge in [-0.2, -0.15) is 0 Å². The average Bonchev–Trinajstić information content (AvgIpc) is 2.29. The molecule has 4 nitrogen and oxygen atoms in total. The molecule has 0 bridgehead atoms. The molecule has 0 saturated carbocycles. The van der Waals surface area contributed by atoms with E-state index in [4.69, 9.17) is 5.11 Å². The van der Waals surface area contributed by atoms with E-state index in [1.165, 1.54) is 0 Å². The smallest absolute Gasteiger partial charge is 0.748 e. The molecule has 0 aliphatic heterocycles. The van der Waals surface area contributed by atoms with Crippen LogP contribution in [0.4, 0.5) is 0 Å². The fourth-order valence-electron chi connectivity index (χ4n) is 2.22. The van der Waals surface area contributed by atoms with E-state index in [1.54, 1.807) is 6.92 Å². The molecule has 20 heavy (non-hydrogen) atoms. The van der Waals surface area contributed by atoms with Gasteiger partial charge in [-0.05, 0) is 26.2 Å². The Balaban J connectivity index is 0. The molecule has 0 fully saturated rings. The van der Waals surface area contributed by atoms with Crippen LogP contribution in [0.2, 0.25) is 0 Å². The topological polar surface area (TPSA) is 77.4 Å². The number of hydrogen-bond acceptors (Lipinski definition) is 4. The van der Waals surface area contributed by atoms with Crippen LogP contribution in [0.15, 0.2) is 0 Å². The maximum atomic E-state index is 11.2. The van der Waals surface area contributed by atoms with Gasteiger partial charge in [-0.3, -0.25) is 0 Å². The van der Waals surface area contributed by atoms with Crippen LogP contribution in [0.5, 0.6) is 0 Å². The Bertz CT molecular complexity index is 304. The van der Waals surface area contributed by atoms with Crippen LogP contribution in [0.3, 0.4) is 0 Å². The van der Waals surface area contributed by atoms with Gasteiger partial charge in [-0.1, -0.05) is 51.9 Å². The molecule has 116 valence electrons. The minimum atomic E-state index is -4.15. The summed E-state index contributed by atoms with van der Waals surface area (Å²) in [6.07, 6.45) is 7.98. The SMILES string of the molecule is CCCCCCC(CCCCCC(C)O)S(=O)(=O)[O-].[K+]. The molecule has 0 aliphatic carbocycles. The maximum Gasteiger partial charge on any atom is 1.00 e. The standard InChI is InChI=1S/C14H30O4S.K/c1-3-4-5-8-11-14(19(16,17)18)12-9-6-7-10-13(2)15;/h13-15H,3-12H2,1-2H3,(H,16,17,18);/q;+1/p-1. The molecule has 0 spiro atoms. The first kappa shape index (κ1) is 23.8. The van der Waals surface area contributed by atoms with Gasteiger partial charge in [0.25, 0.3) is 0 Å². The number of aliphatic hydroxyl groups is 1. The van der Waals surface area contributed by atoms with Crippen molar-refractivity contribution >= 4 is 10.1 Å². The number of rotatable bonds is 12. The molecule has 0 heterocycles. The molecule has 0 aromatic rings. The van der Waals surface area contributed by atoms with Crippen molar-refractivity contribution in [1.29, 1.82) is 0 Å². The van der Waals surface area contributed by atoms with Crippen molar-refractivity contribution < 1.29 is 69.5 Å². The molecule has 0 rings (SSSR count). The molecule has 0 amide bonds. The Morgan fingerprint density at radius 3 is 1.80 bits per heavy atom. The van der Waals surface area contributed by atoms with Crippen molar-refractivity contribution in [2.24, 2.45) is 0 Å². The van der Waals surface area contributed by atoms with Crippen LogP contribution in [-0.2, 0) is 10.1 Å². The zero-order valence-electron chi connectivity index (χ0n) is 13.3. The third-order valence-electron chi connectivity index (χ3n) is 3.44. The van der Waals surface area contributed by atoms with Crippen molar-refractivity contribution in [3.63, 3.8) is 0 Å². The van der Waals surface area contributed by atoms with E-state index < -0.39 is 15.4 Å². The van der Waals surface area contributed by atoms with Gasteiger partial charge in [0, 0.05) is 5.25 Å². The van der Waals surface area contributed by atoms with Crippen LogP contribution in [-0.4, -0.2) is 29.4 Å². The molecule has 6 heteroatoms. The van der Waals surface area contributed by atoms with Crippen LogP contribution >= 0.6 is 0 Å². The monoisotopic (exact) mass is 332 g/mol. The Hall–Kier alpha value is 1.51. The van der Waals surface area contributed by atoms with Crippen LogP contribution in [0, 0.1) is 0 Å². The first-order chi connectivity index (χ1) is 8.88. The van der Waals surface area contributed by atoms with Gasteiger partial charge in [0.2, 0.25) is 0 Å². The summed E-state index contributed by atoms with van der Waals surface area (Å²) < 4.78 is 33.5. The molecule has 2 atom stereocenters. The van der Waals surface area contributed by atoms with Crippen LogP contribution in [0.25, 0.3) is 0 Å². The predicted molar refractivity (Wildman–Crippen MR) is 77.0 cm³/mol. The molecule has 0 radical (unpaired) electrons. The van der Waals surface area contributed by atoms with E-state index in [9.17, 15) is 13.0 Å².